The molecule has 0 aliphatic carbocycles. The summed E-state index contributed by atoms with van der Waals surface area (Å²) in [5.74, 6) is 0.0627. The van der Waals surface area contributed by atoms with Crippen molar-refractivity contribution in [3.8, 4) is 0 Å². The van der Waals surface area contributed by atoms with E-state index in [4.69, 9.17) is 0 Å². The molecule has 0 fully saturated rings. The van der Waals surface area contributed by atoms with Crippen molar-refractivity contribution in [2.45, 2.75) is 11.8 Å². The molecule has 0 saturated carbocycles. The average molecular weight is 289 g/mol. The highest BCUT2D eigenvalue weighted by molar-refractivity contribution is 7.89. The van der Waals surface area contributed by atoms with Crippen LogP contribution in [0, 0.1) is 0 Å². The number of carbonyl (C=O) groups is 1. The van der Waals surface area contributed by atoms with Crippen LogP contribution in [0.5, 0.6) is 0 Å². The van der Waals surface area contributed by atoms with Crippen molar-refractivity contribution in [1.82, 2.24) is 4.72 Å². The molecule has 0 aliphatic heterocycles. The number of ketones is 1. The van der Waals surface area contributed by atoms with Gasteiger partial charge in [-0.15, -0.1) is 0 Å². The van der Waals surface area contributed by atoms with Crippen molar-refractivity contribution in [3.63, 3.8) is 0 Å². The predicted octanol–water partition coefficient (Wildman–Crippen LogP) is 0.546. The van der Waals surface area contributed by atoms with Crippen molar-refractivity contribution >= 4 is 26.6 Å². The largest absolute Gasteiger partial charge is 0.295 e. The first-order chi connectivity index (χ1) is 8.33. The van der Waals surface area contributed by atoms with E-state index in [9.17, 15) is 17.4 Å². The van der Waals surface area contributed by atoms with Gasteiger partial charge in [0.1, 0.15) is 0 Å². The third-order valence-electron chi connectivity index (χ3n) is 2.23. The molecule has 0 heterocycles. The van der Waals surface area contributed by atoms with Crippen molar-refractivity contribution in [2.75, 3.05) is 18.6 Å². The summed E-state index contributed by atoms with van der Waals surface area (Å²) in [5.41, 5.74) is 0.344. The second-order valence-corrected chi connectivity index (χ2v) is 7.08. The first-order valence-electron chi connectivity index (χ1n) is 5.23. The average Bonchev–Trinajstić information content (AvgIpc) is 2.28. The van der Waals surface area contributed by atoms with Crippen LogP contribution >= 0.6 is 0 Å². The van der Waals surface area contributed by atoms with Crippen molar-refractivity contribution < 1.29 is 17.4 Å². The second kappa shape index (κ2) is 6.21. The van der Waals surface area contributed by atoms with Gasteiger partial charge in [-0.2, -0.15) is 0 Å². The Bertz CT molecular complexity index is 566. The van der Waals surface area contributed by atoms with E-state index in [1.807, 2.05) is 0 Å². The molecule has 18 heavy (non-hydrogen) atoms. The first-order valence-corrected chi connectivity index (χ1v) is 8.44. The molecule has 7 heteroatoms. The van der Waals surface area contributed by atoms with E-state index in [0.29, 0.717) is 5.56 Å². The maximum absolute atomic E-state index is 11.9. The monoisotopic (exact) mass is 289 g/mol. The molecular weight excluding hydrogens is 274 g/mol. The Morgan fingerprint density at radius 2 is 2.06 bits per heavy atom. The summed E-state index contributed by atoms with van der Waals surface area (Å²) in [6, 6.07) is 5.82. The summed E-state index contributed by atoms with van der Waals surface area (Å²) in [6.45, 7) is 1.48. The Labute approximate surface area is 109 Å². The topological polar surface area (TPSA) is 80.3 Å². The van der Waals surface area contributed by atoms with E-state index in [2.05, 4.69) is 4.72 Å². The van der Waals surface area contributed by atoms with Gasteiger partial charge in [0.05, 0.1) is 4.90 Å². The number of hydrogen-bond acceptors (Lipinski definition) is 4. The molecule has 0 radical (unpaired) electrons. The molecule has 0 amide bonds. The van der Waals surface area contributed by atoms with Gasteiger partial charge in [0.25, 0.3) is 0 Å². The quantitative estimate of drug-likeness (QED) is 0.775. The fraction of sp³-hybridized carbons (Fsp3) is 0.364. The van der Waals surface area contributed by atoms with Gasteiger partial charge in [-0.25, -0.2) is 13.1 Å². The summed E-state index contributed by atoms with van der Waals surface area (Å²) in [5, 5.41) is 0. The lowest BCUT2D eigenvalue weighted by Crippen LogP contribution is -2.27. The number of sulfonamides is 1. The lowest BCUT2D eigenvalue weighted by molar-refractivity contribution is 0.101. The van der Waals surface area contributed by atoms with Crippen LogP contribution in [-0.4, -0.2) is 37.0 Å². The normalized spacial score (nSPS) is 13.2. The molecule has 1 atom stereocenters. The van der Waals surface area contributed by atoms with E-state index in [1.54, 1.807) is 6.07 Å². The standard InChI is InChI=1S/C11H15NO4S2/c1-9(13)10-4-3-5-11(8-10)18(15,16)12-6-7-17(2)14/h3-5,8,12H,6-7H2,1-2H3. The summed E-state index contributed by atoms with van der Waals surface area (Å²) in [4.78, 5) is 11.2. The Morgan fingerprint density at radius 3 is 2.61 bits per heavy atom. The summed E-state index contributed by atoms with van der Waals surface area (Å²) < 4.78 is 36.9. The Balaban J connectivity index is 2.88. The Hall–Kier alpha value is -1.05. The highest BCUT2D eigenvalue weighted by Crippen LogP contribution is 2.11. The van der Waals surface area contributed by atoms with Crippen molar-refractivity contribution in [3.05, 3.63) is 29.8 Å². The number of nitrogens with one attached hydrogen (secondary N) is 1. The summed E-state index contributed by atoms with van der Waals surface area (Å²) >= 11 is 0. The fourth-order valence-corrected chi connectivity index (χ4v) is 2.88. The third kappa shape index (κ3) is 4.32. The lowest BCUT2D eigenvalue weighted by Gasteiger charge is -2.06. The van der Waals surface area contributed by atoms with Crippen LogP contribution in [0.25, 0.3) is 0 Å². The maximum atomic E-state index is 11.9. The molecule has 0 saturated heterocycles. The van der Waals surface area contributed by atoms with Gasteiger partial charge in [0.15, 0.2) is 5.78 Å². The number of Topliss-reactive ketones (excluding diaryl/α,β-unsaturated/α-hetero) is 1. The van der Waals surface area contributed by atoms with Crippen LogP contribution in [0.3, 0.4) is 0 Å². The Morgan fingerprint density at radius 1 is 1.39 bits per heavy atom. The molecule has 1 aromatic rings. The van der Waals surface area contributed by atoms with Crippen LogP contribution in [0.4, 0.5) is 0 Å². The summed E-state index contributed by atoms with van der Waals surface area (Å²) in [6.07, 6.45) is 1.50. The minimum Gasteiger partial charge on any atom is -0.295 e. The van der Waals surface area contributed by atoms with Gasteiger partial charge >= 0.3 is 0 Å². The zero-order chi connectivity index (χ0) is 13.8. The third-order valence-corrected chi connectivity index (χ3v) is 4.47. The van der Waals surface area contributed by atoms with E-state index < -0.39 is 20.8 Å². The van der Waals surface area contributed by atoms with Gasteiger partial charge in [0, 0.05) is 34.9 Å². The van der Waals surface area contributed by atoms with Crippen LogP contribution in [0.2, 0.25) is 0 Å². The van der Waals surface area contributed by atoms with E-state index >= 15 is 0 Å². The van der Waals surface area contributed by atoms with E-state index in [1.165, 1.54) is 31.4 Å². The summed E-state index contributed by atoms with van der Waals surface area (Å²) in [7, 11) is -4.70. The maximum Gasteiger partial charge on any atom is 0.240 e. The molecule has 0 spiro atoms. The van der Waals surface area contributed by atoms with Crippen LogP contribution in [0.1, 0.15) is 17.3 Å². The molecule has 1 N–H and O–H groups in total. The molecule has 1 rings (SSSR count). The highest BCUT2D eigenvalue weighted by Gasteiger charge is 2.14. The smallest absolute Gasteiger partial charge is 0.240 e. The minimum atomic E-state index is -3.65. The van der Waals surface area contributed by atoms with Crippen LogP contribution in [-0.2, 0) is 20.8 Å². The Kier molecular flexibility index (Phi) is 5.18. The second-order valence-electron chi connectivity index (χ2n) is 3.76. The van der Waals surface area contributed by atoms with Gasteiger partial charge in [-0.3, -0.25) is 9.00 Å². The van der Waals surface area contributed by atoms with E-state index in [-0.39, 0.29) is 23.0 Å². The van der Waals surface area contributed by atoms with Crippen LogP contribution in [0.15, 0.2) is 29.2 Å². The number of hydrogen-bond donors (Lipinski definition) is 1. The van der Waals surface area contributed by atoms with Crippen LogP contribution < -0.4 is 4.72 Å². The lowest BCUT2D eigenvalue weighted by atomic mass is 10.2. The van der Waals surface area contributed by atoms with Gasteiger partial charge < -0.3 is 0 Å². The number of rotatable bonds is 6. The van der Waals surface area contributed by atoms with Gasteiger partial charge in [-0.1, -0.05) is 12.1 Å². The number of benzene rings is 1. The predicted molar refractivity (Wildman–Crippen MR) is 70.6 cm³/mol. The molecule has 1 unspecified atom stereocenters. The molecule has 0 bridgehead atoms. The van der Waals surface area contributed by atoms with Gasteiger partial charge in [0.2, 0.25) is 10.0 Å². The molecule has 0 aromatic heterocycles. The fourth-order valence-electron chi connectivity index (χ4n) is 1.29. The SMILES string of the molecule is CC(=O)c1cccc(S(=O)(=O)NCCS(C)=O)c1. The minimum absolute atomic E-state index is 0.0390. The van der Waals surface area contributed by atoms with Gasteiger partial charge in [-0.05, 0) is 19.1 Å². The van der Waals surface area contributed by atoms with Crippen molar-refractivity contribution in [1.29, 1.82) is 0 Å². The first kappa shape index (κ1) is 15.0. The number of carbonyl (C=O) groups excluding carboxylic acids is 1. The molecule has 0 aliphatic rings. The highest BCUT2D eigenvalue weighted by atomic mass is 32.2. The van der Waals surface area contributed by atoms with E-state index in [0.717, 1.165) is 0 Å². The zero-order valence-electron chi connectivity index (χ0n) is 10.2. The van der Waals surface area contributed by atoms with Crippen molar-refractivity contribution in [2.24, 2.45) is 0 Å². The molecule has 100 valence electrons. The zero-order valence-corrected chi connectivity index (χ0v) is 11.8. The molecule has 5 nitrogen and oxygen atoms in total. The molecular formula is C11H15NO4S2. The molecule has 1 aromatic carbocycles.